The minimum atomic E-state index is 0.435. The topological polar surface area (TPSA) is 26.0 Å². The maximum Gasteiger partial charge on any atom is 0.0114 e. The van der Waals surface area contributed by atoms with Crippen molar-refractivity contribution in [3.8, 4) is 0 Å². The van der Waals surface area contributed by atoms with Crippen LogP contribution in [0, 0.1) is 18.3 Å². The standard InChI is InChI=1S/C11H17NS/c1-7-4-5-13-10(7)9-8(6-12)11(9,2)3/h4-5,8-9H,6,12H2,1-3H3/t8-,9+/m0/s1. The van der Waals surface area contributed by atoms with Crippen LogP contribution in [-0.2, 0) is 0 Å². The van der Waals surface area contributed by atoms with Crippen molar-refractivity contribution in [2.45, 2.75) is 26.7 Å². The molecular weight excluding hydrogens is 178 g/mol. The molecule has 0 radical (unpaired) electrons. The van der Waals surface area contributed by atoms with E-state index in [0.717, 1.165) is 12.5 Å². The number of aryl methyl sites for hydroxylation is 1. The monoisotopic (exact) mass is 195 g/mol. The average molecular weight is 195 g/mol. The van der Waals surface area contributed by atoms with Gasteiger partial charge in [0.05, 0.1) is 0 Å². The highest BCUT2D eigenvalue weighted by Crippen LogP contribution is 2.65. The predicted molar refractivity (Wildman–Crippen MR) is 58.1 cm³/mol. The molecule has 0 aromatic carbocycles. The molecule has 1 aromatic rings. The number of nitrogens with two attached hydrogens (primary N) is 1. The second kappa shape index (κ2) is 2.82. The van der Waals surface area contributed by atoms with Crippen LogP contribution >= 0.6 is 11.3 Å². The molecule has 0 spiro atoms. The normalized spacial score (nSPS) is 30.5. The summed E-state index contributed by atoms with van der Waals surface area (Å²) in [4.78, 5) is 1.56. The Morgan fingerprint density at radius 3 is 2.62 bits per heavy atom. The van der Waals surface area contributed by atoms with Gasteiger partial charge in [0.2, 0.25) is 0 Å². The van der Waals surface area contributed by atoms with E-state index in [1.54, 1.807) is 4.88 Å². The largest absolute Gasteiger partial charge is 0.330 e. The molecule has 1 nitrogen and oxygen atoms in total. The molecule has 0 unspecified atom stereocenters. The summed E-state index contributed by atoms with van der Waals surface area (Å²) in [6, 6.07) is 2.21. The minimum absolute atomic E-state index is 0.435. The molecule has 1 aromatic heterocycles. The van der Waals surface area contributed by atoms with Gasteiger partial charge in [-0.25, -0.2) is 0 Å². The minimum Gasteiger partial charge on any atom is -0.330 e. The number of thiophene rings is 1. The molecule has 2 N–H and O–H groups in total. The molecule has 1 saturated carbocycles. The summed E-state index contributed by atoms with van der Waals surface area (Å²) in [7, 11) is 0. The van der Waals surface area contributed by atoms with Crippen molar-refractivity contribution in [1.82, 2.24) is 0 Å². The maximum atomic E-state index is 5.76. The van der Waals surface area contributed by atoms with Crippen LogP contribution in [0.5, 0.6) is 0 Å². The van der Waals surface area contributed by atoms with Gasteiger partial charge < -0.3 is 5.73 Å². The molecule has 72 valence electrons. The summed E-state index contributed by atoms with van der Waals surface area (Å²) in [5.41, 5.74) is 7.64. The van der Waals surface area contributed by atoms with Gasteiger partial charge in [-0.05, 0) is 41.8 Å². The quantitative estimate of drug-likeness (QED) is 0.771. The molecule has 1 aliphatic rings. The lowest BCUT2D eigenvalue weighted by molar-refractivity contribution is 0.559. The summed E-state index contributed by atoms with van der Waals surface area (Å²) in [5.74, 6) is 1.42. The lowest BCUT2D eigenvalue weighted by Gasteiger charge is -2.00. The third-order valence-electron chi connectivity index (χ3n) is 3.49. The Bertz CT molecular complexity index is 314. The fraction of sp³-hybridized carbons (Fsp3) is 0.636. The van der Waals surface area contributed by atoms with Gasteiger partial charge in [0.15, 0.2) is 0 Å². The molecule has 1 heterocycles. The fourth-order valence-corrected chi connectivity index (χ4v) is 3.69. The third kappa shape index (κ3) is 1.24. The van der Waals surface area contributed by atoms with Gasteiger partial charge in [-0.1, -0.05) is 13.8 Å². The molecule has 0 bridgehead atoms. The number of rotatable bonds is 2. The lowest BCUT2D eigenvalue weighted by atomic mass is 10.1. The zero-order valence-electron chi connectivity index (χ0n) is 8.50. The van der Waals surface area contributed by atoms with Crippen molar-refractivity contribution < 1.29 is 0 Å². The van der Waals surface area contributed by atoms with Gasteiger partial charge in [0.1, 0.15) is 0 Å². The molecule has 13 heavy (non-hydrogen) atoms. The highest BCUT2D eigenvalue weighted by atomic mass is 32.1. The first-order chi connectivity index (χ1) is 6.09. The molecule has 0 amide bonds. The molecule has 0 aliphatic heterocycles. The van der Waals surface area contributed by atoms with E-state index in [4.69, 9.17) is 5.73 Å². The Morgan fingerprint density at radius 1 is 1.54 bits per heavy atom. The van der Waals surface area contributed by atoms with Crippen LogP contribution in [-0.4, -0.2) is 6.54 Å². The van der Waals surface area contributed by atoms with E-state index in [0.29, 0.717) is 11.3 Å². The molecule has 2 heteroatoms. The van der Waals surface area contributed by atoms with Gasteiger partial charge in [-0.15, -0.1) is 11.3 Å². The van der Waals surface area contributed by atoms with E-state index in [2.05, 4.69) is 32.2 Å². The zero-order chi connectivity index (χ0) is 9.64. The van der Waals surface area contributed by atoms with E-state index < -0.39 is 0 Å². The number of hydrogen-bond acceptors (Lipinski definition) is 2. The van der Waals surface area contributed by atoms with Crippen LogP contribution in [0.1, 0.15) is 30.2 Å². The Hall–Kier alpha value is -0.340. The molecular formula is C11H17NS. The Balaban J connectivity index is 2.26. The molecule has 0 saturated heterocycles. The Kier molecular flexibility index (Phi) is 2.00. The summed E-state index contributed by atoms with van der Waals surface area (Å²) >= 11 is 1.89. The van der Waals surface area contributed by atoms with Crippen LogP contribution in [0.25, 0.3) is 0 Å². The molecule has 2 rings (SSSR count). The van der Waals surface area contributed by atoms with Gasteiger partial charge in [-0.3, -0.25) is 0 Å². The van der Waals surface area contributed by atoms with Crippen molar-refractivity contribution >= 4 is 11.3 Å². The summed E-state index contributed by atoms with van der Waals surface area (Å²) < 4.78 is 0. The SMILES string of the molecule is Cc1ccsc1[C@H]1[C@H](CN)C1(C)C. The van der Waals surface area contributed by atoms with Crippen LogP contribution in [0.15, 0.2) is 11.4 Å². The highest BCUT2D eigenvalue weighted by molar-refractivity contribution is 7.10. The van der Waals surface area contributed by atoms with Crippen molar-refractivity contribution in [3.05, 3.63) is 21.9 Å². The molecule has 1 aliphatic carbocycles. The predicted octanol–water partition coefficient (Wildman–Crippen LogP) is 2.75. The number of hydrogen-bond donors (Lipinski definition) is 1. The van der Waals surface area contributed by atoms with Gasteiger partial charge in [-0.2, -0.15) is 0 Å². The van der Waals surface area contributed by atoms with E-state index in [1.807, 2.05) is 11.3 Å². The first-order valence-corrected chi connectivity index (χ1v) is 5.71. The van der Waals surface area contributed by atoms with Gasteiger partial charge >= 0.3 is 0 Å². The summed E-state index contributed by atoms with van der Waals surface area (Å²) in [6.07, 6.45) is 0. The van der Waals surface area contributed by atoms with Crippen molar-refractivity contribution in [2.75, 3.05) is 6.54 Å². The highest BCUT2D eigenvalue weighted by Gasteiger charge is 2.58. The molecule has 2 atom stereocenters. The van der Waals surface area contributed by atoms with Crippen LogP contribution in [0.3, 0.4) is 0 Å². The second-order valence-corrected chi connectivity index (χ2v) is 5.56. The third-order valence-corrected chi connectivity index (χ3v) is 4.59. The van der Waals surface area contributed by atoms with Crippen molar-refractivity contribution in [2.24, 2.45) is 17.1 Å². The van der Waals surface area contributed by atoms with E-state index in [1.165, 1.54) is 5.56 Å². The first-order valence-electron chi connectivity index (χ1n) is 4.83. The van der Waals surface area contributed by atoms with Crippen molar-refractivity contribution in [1.29, 1.82) is 0 Å². The lowest BCUT2D eigenvalue weighted by Crippen LogP contribution is -2.05. The summed E-state index contributed by atoms with van der Waals surface area (Å²) in [5, 5.41) is 2.19. The second-order valence-electron chi connectivity index (χ2n) is 4.61. The van der Waals surface area contributed by atoms with Gasteiger partial charge in [0, 0.05) is 10.8 Å². The van der Waals surface area contributed by atoms with E-state index in [-0.39, 0.29) is 0 Å². The molecule has 1 fully saturated rings. The fourth-order valence-electron chi connectivity index (χ4n) is 2.41. The average Bonchev–Trinajstić information content (AvgIpc) is 2.41. The van der Waals surface area contributed by atoms with E-state index in [9.17, 15) is 0 Å². The van der Waals surface area contributed by atoms with Crippen molar-refractivity contribution in [3.63, 3.8) is 0 Å². The van der Waals surface area contributed by atoms with Gasteiger partial charge in [0.25, 0.3) is 0 Å². The Morgan fingerprint density at radius 2 is 2.23 bits per heavy atom. The Labute approximate surface area is 84.0 Å². The zero-order valence-corrected chi connectivity index (χ0v) is 9.32. The van der Waals surface area contributed by atoms with Crippen LogP contribution in [0.2, 0.25) is 0 Å². The van der Waals surface area contributed by atoms with E-state index >= 15 is 0 Å². The van der Waals surface area contributed by atoms with Crippen LogP contribution < -0.4 is 5.73 Å². The first kappa shape index (κ1) is 9.22. The maximum absolute atomic E-state index is 5.76. The summed E-state index contributed by atoms with van der Waals surface area (Å²) in [6.45, 7) is 7.69. The smallest absolute Gasteiger partial charge is 0.0114 e. The van der Waals surface area contributed by atoms with Crippen LogP contribution in [0.4, 0.5) is 0 Å².